The Morgan fingerprint density at radius 3 is 1.73 bits per heavy atom. The Labute approximate surface area is 352 Å². The van der Waals surface area contributed by atoms with Crippen molar-refractivity contribution in [1.29, 1.82) is 0 Å². The van der Waals surface area contributed by atoms with Crippen molar-refractivity contribution in [3.63, 3.8) is 0 Å². The van der Waals surface area contributed by atoms with Crippen LogP contribution in [-0.4, -0.2) is 9.55 Å². The van der Waals surface area contributed by atoms with Crippen molar-refractivity contribution in [2.24, 2.45) is 0 Å². The maximum Gasteiger partial charge on any atom is 0.113 e. The lowest BCUT2D eigenvalue weighted by atomic mass is 9.82. The number of nitrogens with zero attached hydrogens (tertiary/aromatic N) is 2. The van der Waals surface area contributed by atoms with Crippen LogP contribution in [0.25, 0.3) is 99.7 Å². The SMILES string of the molecule is C=C/C=C\c1nc(CC)n(-c2ccc3cc(-c4c5ccccc5c(-c5cc(-c6ccccc6)ccc5-c5ccccc5)c5cc(-c6ccccc6)ccc45)ccc3c2)c1C. The van der Waals surface area contributed by atoms with Crippen LogP contribution in [0, 0.1) is 6.92 Å². The van der Waals surface area contributed by atoms with Gasteiger partial charge in [-0.2, -0.15) is 0 Å². The molecule has 1 aromatic heterocycles. The molecule has 0 saturated heterocycles. The van der Waals surface area contributed by atoms with Gasteiger partial charge in [0.25, 0.3) is 0 Å². The molecule has 10 aromatic rings. The fourth-order valence-electron chi connectivity index (χ4n) is 9.02. The summed E-state index contributed by atoms with van der Waals surface area (Å²) in [6.07, 6.45) is 6.63. The Morgan fingerprint density at radius 1 is 0.483 bits per heavy atom. The standard InChI is InChI=1S/C58H44N2/c1-4-6-26-55-39(3)60(56(5-2)59-55)48-32-29-43-35-47(28-27-44(43)36-48)57-50-24-16-17-25-51(50)58(54-38-46(31-34-52(54)57)41-20-12-8-13-21-41)53-37-45(40-18-10-7-11-19-40)30-33-49(53)42-22-14-9-15-23-42/h4,6-38H,1,5H2,2-3H3/b26-6-. The van der Waals surface area contributed by atoms with Crippen molar-refractivity contribution < 1.29 is 0 Å². The van der Waals surface area contributed by atoms with Crippen LogP contribution >= 0.6 is 0 Å². The monoisotopic (exact) mass is 768 g/mol. The van der Waals surface area contributed by atoms with E-state index < -0.39 is 0 Å². The van der Waals surface area contributed by atoms with E-state index in [2.05, 4.69) is 213 Å². The van der Waals surface area contributed by atoms with E-state index in [1.54, 1.807) is 6.08 Å². The molecular formula is C58H44N2. The molecule has 0 atom stereocenters. The fourth-order valence-corrected chi connectivity index (χ4v) is 9.02. The molecule has 286 valence electrons. The van der Waals surface area contributed by atoms with Gasteiger partial charge in [0.1, 0.15) is 5.82 Å². The minimum atomic E-state index is 0.839. The van der Waals surface area contributed by atoms with Crippen LogP contribution in [0.1, 0.15) is 24.1 Å². The molecule has 9 aromatic carbocycles. The summed E-state index contributed by atoms with van der Waals surface area (Å²) in [4.78, 5) is 4.96. The van der Waals surface area contributed by atoms with E-state index in [0.29, 0.717) is 0 Å². The molecule has 10 rings (SSSR count). The van der Waals surface area contributed by atoms with E-state index in [4.69, 9.17) is 4.98 Å². The number of imidazole rings is 1. The van der Waals surface area contributed by atoms with Crippen molar-refractivity contribution in [2.45, 2.75) is 20.3 Å². The number of aromatic nitrogens is 2. The molecule has 0 aliphatic rings. The van der Waals surface area contributed by atoms with Crippen molar-refractivity contribution >= 4 is 38.4 Å². The van der Waals surface area contributed by atoms with E-state index in [-0.39, 0.29) is 0 Å². The summed E-state index contributed by atoms with van der Waals surface area (Å²) in [7, 11) is 0. The van der Waals surface area contributed by atoms with Gasteiger partial charge in [0.05, 0.1) is 5.69 Å². The van der Waals surface area contributed by atoms with Crippen LogP contribution in [0.2, 0.25) is 0 Å². The average molecular weight is 769 g/mol. The van der Waals surface area contributed by atoms with Gasteiger partial charge in [0.15, 0.2) is 0 Å². The van der Waals surface area contributed by atoms with Gasteiger partial charge < -0.3 is 4.57 Å². The topological polar surface area (TPSA) is 17.8 Å². The molecular weight excluding hydrogens is 725 g/mol. The fraction of sp³-hybridized carbons (Fsp3) is 0.0517. The summed E-state index contributed by atoms with van der Waals surface area (Å²) < 4.78 is 2.29. The highest BCUT2D eigenvalue weighted by Crippen LogP contribution is 2.48. The number of benzene rings is 9. The largest absolute Gasteiger partial charge is 0.300 e. The van der Waals surface area contributed by atoms with Crippen molar-refractivity contribution in [3.05, 3.63) is 224 Å². The first-order chi connectivity index (χ1) is 29.6. The summed E-state index contributed by atoms with van der Waals surface area (Å²) >= 11 is 0. The van der Waals surface area contributed by atoms with Gasteiger partial charge in [0, 0.05) is 17.8 Å². The number of aryl methyl sites for hydroxylation is 1. The average Bonchev–Trinajstić information content (AvgIpc) is 3.64. The molecule has 0 saturated carbocycles. The first kappa shape index (κ1) is 36.8. The van der Waals surface area contributed by atoms with Gasteiger partial charge in [-0.1, -0.05) is 183 Å². The molecule has 0 spiro atoms. The summed E-state index contributed by atoms with van der Waals surface area (Å²) in [5, 5.41) is 7.30. The Morgan fingerprint density at radius 2 is 1.05 bits per heavy atom. The van der Waals surface area contributed by atoms with Gasteiger partial charge in [-0.3, -0.25) is 0 Å². The third kappa shape index (κ3) is 6.53. The Kier molecular flexibility index (Phi) is 9.60. The Hall–Kier alpha value is -7.55. The summed E-state index contributed by atoms with van der Waals surface area (Å²) in [6.45, 7) is 8.16. The smallest absolute Gasteiger partial charge is 0.113 e. The van der Waals surface area contributed by atoms with Gasteiger partial charge in [-0.05, 0) is 131 Å². The highest BCUT2D eigenvalue weighted by Gasteiger charge is 2.21. The molecule has 0 unspecified atom stereocenters. The normalized spacial score (nSPS) is 11.6. The minimum absolute atomic E-state index is 0.839. The quantitative estimate of drug-likeness (QED) is 0.106. The molecule has 0 N–H and O–H groups in total. The van der Waals surface area contributed by atoms with Crippen LogP contribution in [0.5, 0.6) is 0 Å². The first-order valence-corrected chi connectivity index (χ1v) is 20.8. The van der Waals surface area contributed by atoms with Gasteiger partial charge >= 0.3 is 0 Å². The third-order valence-corrected chi connectivity index (χ3v) is 11.9. The van der Waals surface area contributed by atoms with Crippen LogP contribution < -0.4 is 0 Å². The van der Waals surface area contributed by atoms with Gasteiger partial charge in [-0.15, -0.1) is 0 Å². The van der Waals surface area contributed by atoms with Crippen LogP contribution in [-0.2, 0) is 6.42 Å². The number of hydrogen-bond donors (Lipinski definition) is 0. The summed E-state index contributed by atoms with van der Waals surface area (Å²) in [5.74, 6) is 1.05. The van der Waals surface area contributed by atoms with E-state index in [1.165, 1.54) is 88.0 Å². The predicted molar refractivity (Wildman–Crippen MR) is 257 cm³/mol. The second kappa shape index (κ2) is 15.7. The first-order valence-electron chi connectivity index (χ1n) is 20.8. The number of hydrogen-bond acceptors (Lipinski definition) is 1. The predicted octanol–water partition coefficient (Wildman–Crippen LogP) is 15.7. The zero-order valence-electron chi connectivity index (χ0n) is 33.9. The molecule has 60 heavy (non-hydrogen) atoms. The number of fused-ring (bicyclic) bond motifs is 3. The van der Waals surface area contributed by atoms with Crippen LogP contribution in [0.4, 0.5) is 0 Å². The van der Waals surface area contributed by atoms with E-state index in [1.807, 2.05) is 12.2 Å². The molecule has 0 radical (unpaired) electrons. The number of allylic oxidation sites excluding steroid dienone is 2. The lowest BCUT2D eigenvalue weighted by Gasteiger charge is -2.21. The molecule has 0 aliphatic heterocycles. The zero-order valence-corrected chi connectivity index (χ0v) is 33.9. The Balaban J connectivity index is 1.23. The third-order valence-electron chi connectivity index (χ3n) is 11.9. The molecule has 0 bridgehead atoms. The zero-order chi connectivity index (χ0) is 40.6. The maximum absolute atomic E-state index is 4.96. The maximum atomic E-state index is 4.96. The lowest BCUT2D eigenvalue weighted by molar-refractivity contribution is 0.873. The second-order valence-corrected chi connectivity index (χ2v) is 15.4. The van der Waals surface area contributed by atoms with Crippen molar-refractivity contribution in [1.82, 2.24) is 9.55 Å². The van der Waals surface area contributed by atoms with Crippen LogP contribution in [0.3, 0.4) is 0 Å². The lowest BCUT2D eigenvalue weighted by Crippen LogP contribution is -2.02. The molecule has 1 heterocycles. The van der Waals surface area contributed by atoms with Crippen molar-refractivity contribution in [2.75, 3.05) is 0 Å². The van der Waals surface area contributed by atoms with Gasteiger partial charge in [-0.25, -0.2) is 4.98 Å². The highest BCUT2D eigenvalue weighted by molar-refractivity contribution is 6.23. The van der Waals surface area contributed by atoms with Gasteiger partial charge in [0.2, 0.25) is 0 Å². The molecule has 0 fully saturated rings. The summed E-state index contributed by atoms with van der Waals surface area (Å²) in [6, 6.07) is 69.1. The molecule has 2 nitrogen and oxygen atoms in total. The van der Waals surface area contributed by atoms with E-state index >= 15 is 0 Å². The molecule has 2 heteroatoms. The second-order valence-electron chi connectivity index (χ2n) is 15.4. The number of rotatable bonds is 9. The Bertz CT molecular complexity index is 3240. The molecule has 0 aliphatic carbocycles. The van der Waals surface area contributed by atoms with Crippen molar-refractivity contribution in [3.8, 4) is 61.3 Å². The molecule has 0 amide bonds. The van der Waals surface area contributed by atoms with E-state index in [0.717, 1.165) is 29.3 Å². The van der Waals surface area contributed by atoms with E-state index in [9.17, 15) is 0 Å². The summed E-state index contributed by atoms with van der Waals surface area (Å²) in [5.41, 5.74) is 15.3. The highest BCUT2D eigenvalue weighted by atomic mass is 15.1. The minimum Gasteiger partial charge on any atom is -0.300 e. The van der Waals surface area contributed by atoms with Crippen LogP contribution in [0.15, 0.2) is 207 Å².